The van der Waals surface area contributed by atoms with E-state index in [9.17, 15) is 20.1 Å². The molecule has 1 saturated heterocycles. The Labute approximate surface area is 186 Å². The van der Waals surface area contributed by atoms with Gasteiger partial charge in [0.25, 0.3) is 0 Å². The standard InChI is InChI=1S/C23H30O9/c24-13-18-20(26)22(21(27)23(28)32-18)31-14-19(25)30-12-5-1-4-11-29-17-10-6-8-15-7-2-3-9-16(15)17/h2-3,6-10,18,20-24,26-28H,1,4-5,11-14H2/t18-,20-,21-,22+,23?/m1/s1. The largest absolute Gasteiger partial charge is 0.493 e. The molecule has 1 fully saturated rings. The summed E-state index contributed by atoms with van der Waals surface area (Å²) in [6.07, 6.45) is -4.72. The molecule has 0 saturated carbocycles. The highest BCUT2D eigenvalue weighted by Crippen LogP contribution is 2.25. The van der Waals surface area contributed by atoms with Crippen LogP contribution in [0.3, 0.4) is 0 Å². The van der Waals surface area contributed by atoms with Crippen molar-refractivity contribution in [3.8, 4) is 5.75 Å². The van der Waals surface area contributed by atoms with E-state index < -0.39 is 49.9 Å². The van der Waals surface area contributed by atoms with Crippen molar-refractivity contribution in [2.75, 3.05) is 26.4 Å². The summed E-state index contributed by atoms with van der Waals surface area (Å²) < 4.78 is 21.0. The average Bonchev–Trinajstić information content (AvgIpc) is 2.80. The maximum Gasteiger partial charge on any atom is 0.332 e. The Hall–Kier alpha value is -2.27. The molecule has 0 amide bonds. The fraction of sp³-hybridized carbons (Fsp3) is 0.522. The van der Waals surface area contributed by atoms with Gasteiger partial charge in [-0.3, -0.25) is 0 Å². The summed E-state index contributed by atoms with van der Waals surface area (Å²) in [6, 6.07) is 14.0. The summed E-state index contributed by atoms with van der Waals surface area (Å²) in [5, 5.41) is 40.8. The first-order chi connectivity index (χ1) is 15.5. The molecule has 0 spiro atoms. The number of fused-ring (bicyclic) bond motifs is 1. The van der Waals surface area contributed by atoms with Gasteiger partial charge < -0.3 is 39.4 Å². The molecule has 0 aliphatic carbocycles. The Morgan fingerprint density at radius 3 is 2.50 bits per heavy atom. The molecule has 9 heteroatoms. The second-order valence-electron chi connectivity index (χ2n) is 7.61. The van der Waals surface area contributed by atoms with E-state index in [0.717, 1.165) is 29.4 Å². The molecule has 9 nitrogen and oxygen atoms in total. The Bertz CT molecular complexity index is 853. The van der Waals surface area contributed by atoms with Gasteiger partial charge in [0.1, 0.15) is 36.8 Å². The van der Waals surface area contributed by atoms with Gasteiger partial charge in [-0.2, -0.15) is 0 Å². The SMILES string of the molecule is O=C(CO[C@H]1[C@H](O)[C@@H](CO)OC(O)[C@@H]1O)OCCCCCOc1cccc2ccccc12. The Morgan fingerprint density at radius 2 is 1.69 bits per heavy atom. The van der Waals surface area contributed by atoms with E-state index in [-0.39, 0.29) is 6.61 Å². The van der Waals surface area contributed by atoms with Crippen molar-refractivity contribution in [2.45, 2.75) is 50.0 Å². The molecule has 5 atom stereocenters. The number of unbranched alkanes of at least 4 members (excludes halogenated alkanes) is 2. The number of carbonyl (C=O) groups is 1. The smallest absolute Gasteiger partial charge is 0.332 e. The summed E-state index contributed by atoms with van der Waals surface area (Å²) in [7, 11) is 0. The predicted octanol–water partition coefficient (Wildman–Crippen LogP) is 0.749. The van der Waals surface area contributed by atoms with Crippen LogP contribution in [-0.4, -0.2) is 83.5 Å². The molecular weight excluding hydrogens is 420 g/mol. The topological polar surface area (TPSA) is 135 Å². The van der Waals surface area contributed by atoms with Crippen molar-refractivity contribution < 1.29 is 44.2 Å². The van der Waals surface area contributed by atoms with Crippen molar-refractivity contribution in [3.05, 3.63) is 42.5 Å². The lowest BCUT2D eigenvalue weighted by atomic mass is 9.99. The number of hydrogen-bond donors (Lipinski definition) is 4. The van der Waals surface area contributed by atoms with Crippen molar-refractivity contribution in [1.29, 1.82) is 0 Å². The van der Waals surface area contributed by atoms with E-state index in [1.165, 1.54) is 0 Å². The van der Waals surface area contributed by atoms with Crippen LogP contribution in [-0.2, 0) is 19.0 Å². The maximum absolute atomic E-state index is 11.9. The molecule has 4 N–H and O–H groups in total. The molecular formula is C23H30O9. The second-order valence-corrected chi connectivity index (χ2v) is 7.61. The summed E-state index contributed by atoms with van der Waals surface area (Å²) in [5.74, 6) is 0.190. The lowest BCUT2D eigenvalue weighted by Crippen LogP contribution is -2.59. The molecule has 1 heterocycles. The number of rotatable bonds is 11. The zero-order chi connectivity index (χ0) is 22.9. The molecule has 0 aromatic heterocycles. The zero-order valence-corrected chi connectivity index (χ0v) is 17.7. The summed E-state index contributed by atoms with van der Waals surface area (Å²) in [4.78, 5) is 11.9. The van der Waals surface area contributed by atoms with Gasteiger partial charge in [-0.1, -0.05) is 36.4 Å². The minimum atomic E-state index is -1.63. The van der Waals surface area contributed by atoms with Crippen molar-refractivity contribution in [3.63, 3.8) is 0 Å². The van der Waals surface area contributed by atoms with Gasteiger partial charge in [0, 0.05) is 5.39 Å². The van der Waals surface area contributed by atoms with Gasteiger partial charge in [0.05, 0.1) is 19.8 Å². The number of ether oxygens (including phenoxy) is 4. The van der Waals surface area contributed by atoms with Gasteiger partial charge in [-0.05, 0) is 30.7 Å². The van der Waals surface area contributed by atoms with Crippen LogP contribution in [0, 0.1) is 0 Å². The van der Waals surface area contributed by atoms with Crippen LogP contribution in [0.2, 0.25) is 0 Å². The van der Waals surface area contributed by atoms with E-state index in [2.05, 4.69) is 0 Å². The van der Waals surface area contributed by atoms with Crippen molar-refractivity contribution >= 4 is 16.7 Å². The average molecular weight is 450 g/mol. The third kappa shape index (κ3) is 6.38. The minimum Gasteiger partial charge on any atom is -0.493 e. The summed E-state index contributed by atoms with van der Waals surface area (Å²) in [5.41, 5.74) is 0. The van der Waals surface area contributed by atoms with Crippen LogP contribution in [0.5, 0.6) is 5.75 Å². The van der Waals surface area contributed by atoms with E-state index in [4.69, 9.17) is 24.1 Å². The summed E-state index contributed by atoms with van der Waals surface area (Å²) in [6.45, 7) is -0.316. The van der Waals surface area contributed by atoms with Crippen molar-refractivity contribution in [1.82, 2.24) is 0 Å². The molecule has 0 radical (unpaired) electrons. The first kappa shape index (κ1) is 24.4. The monoisotopic (exact) mass is 450 g/mol. The number of aliphatic hydroxyl groups excluding tert-OH is 4. The van der Waals surface area contributed by atoms with Gasteiger partial charge in [-0.15, -0.1) is 0 Å². The normalized spacial score (nSPS) is 25.6. The van der Waals surface area contributed by atoms with Crippen LogP contribution < -0.4 is 4.74 Å². The first-order valence-electron chi connectivity index (χ1n) is 10.7. The number of benzene rings is 2. The second kappa shape index (κ2) is 12.1. The predicted molar refractivity (Wildman–Crippen MR) is 114 cm³/mol. The highest BCUT2D eigenvalue weighted by molar-refractivity contribution is 5.88. The number of hydrogen-bond acceptors (Lipinski definition) is 9. The molecule has 0 bridgehead atoms. The maximum atomic E-state index is 11.9. The highest BCUT2D eigenvalue weighted by atomic mass is 16.6. The van der Waals surface area contributed by atoms with Gasteiger partial charge >= 0.3 is 5.97 Å². The van der Waals surface area contributed by atoms with Gasteiger partial charge in [-0.25, -0.2) is 4.79 Å². The Morgan fingerprint density at radius 1 is 0.938 bits per heavy atom. The molecule has 176 valence electrons. The molecule has 3 rings (SSSR count). The van der Waals surface area contributed by atoms with E-state index >= 15 is 0 Å². The fourth-order valence-corrected chi connectivity index (χ4v) is 3.54. The number of aliphatic hydroxyl groups is 4. The number of carbonyl (C=O) groups excluding carboxylic acids is 1. The van der Waals surface area contributed by atoms with Gasteiger partial charge in [0.2, 0.25) is 0 Å². The Kier molecular flexibility index (Phi) is 9.22. The van der Waals surface area contributed by atoms with Crippen LogP contribution in [0.15, 0.2) is 42.5 Å². The van der Waals surface area contributed by atoms with E-state index in [1.807, 2.05) is 42.5 Å². The lowest BCUT2D eigenvalue weighted by Gasteiger charge is -2.39. The highest BCUT2D eigenvalue weighted by Gasteiger charge is 2.44. The van der Waals surface area contributed by atoms with Crippen LogP contribution in [0.4, 0.5) is 0 Å². The first-order valence-corrected chi connectivity index (χ1v) is 10.7. The molecule has 2 aromatic carbocycles. The molecule has 1 unspecified atom stereocenters. The third-order valence-electron chi connectivity index (χ3n) is 5.29. The fourth-order valence-electron chi connectivity index (χ4n) is 3.54. The minimum absolute atomic E-state index is 0.206. The molecule has 1 aliphatic rings. The quantitative estimate of drug-likeness (QED) is 0.289. The van der Waals surface area contributed by atoms with Crippen LogP contribution >= 0.6 is 0 Å². The van der Waals surface area contributed by atoms with Crippen LogP contribution in [0.25, 0.3) is 10.8 Å². The summed E-state index contributed by atoms with van der Waals surface area (Å²) >= 11 is 0. The van der Waals surface area contributed by atoms with E-state index in [0.29, 0.717) is 13.0 Å². The molecule has 2 aromatic rings. The van der Waals surface area contributed by atoms with Gasteiger partial charge in [0.15, 0.2) is 6.29 Å². The number of esters is 1. The zero-order valence-electron chi connectivity index (χ0n) is 17.7. The third-order valence-corrected chi connectivity index (χ3v) is 5.29. The molecule has 32 heavy (non-hydrogen) atoms. The molecule has 1 aliphatic heterocycles. The van der Waals surface area contributed by atoms with Crippen LogP contribution in [0.1, 0.15) is 19.3 Å². The Balaban J connectivity index is 1.29. The lowest BCUT2D eigenvalue weighted by molar-refractivity contribution is -0.294. The van der Waals surface area contributed by atoms with E-state index in [1.54, 1.807) is 0 Å². The van der Waals surface area contributed by atoms with Crippen molar-refractivity contribution in [2.24, 2.45) is 0 Å².